The summed E-state index contributed by atoms with van der Waals surface area (Å²) in [5.41, 5.74) is 7.93. The molecule has 0 aromatic heterocycles. The van der Waals surface area contributed by atoms with Crippen LogP contribution in [0.3, 0.4) is 0 Å². The molecule has 2 N–H and O–H groups in total. The number of hydrogen-bond donors (Lipinski definition) is 1. The highest BCUT2D eigenvalue weighted by molar-refractivity contribution is 6.08. The molecule has 3 aromatic carbocycles. The Balaban J connectivity index is 1.63. The summed E-state index contributed by atoms with van der Waals surface area (Å²) in [5.74, 6) is 0.810. The number of nitrogens with two attached hydrogens (primary N) is 1. The van der Waals surface area contributed by atoms with E-state index in [1.807, 2.05) is 42.5 Å². The molecule has 0 aliphatic rings. The van der Waals surface area contributed by atoms with E-state index in [2.05, 4.69) is 4.74 Å². The molecule has 1 atom stereocenters. The maximum atomic E-state index is 12.4. The summed E-state index contributed by atoms with van der Waals surface area (Å²) in [5, 5.41) is 0. The van der Waals surface area contributed by atoms with Gasteiger partial charge in [0.2, 0.25) is 0 Å². The molecule has 0 aliphatic carbocycles. The zero-order valence-corrected chi connectivity index (χ0v) is 15.5. The van der Waals surface area contributed by atoms with Crippen molar-refractivity contribution in [2.75, 3.05) is 7.11 Å². The topological polar surface area (TPSA) is 78.6 Å². The van der Waals surface area contributed by atoms with E-state index in [1.54, 1.807) is 36.4 Å². The molecule has 0 amide bonds. The van der Waals surface area contributed by atoms with Crippen molar-refractivity contribution in [3.63, 3.8) is 0 Å². The molecule has 142 valence electrons. The van der Waals surface area contributed by atoms with Gasteiger partial charge in [0.15, 0.2) is 5.78 Å². The summed E-state index contributed by atoms with van der Waals surface area (Å²) in [7, 11) is 1.32. The van der Waals surface area contributed by atoms with Gasteiger partial charge in [-0.15, -0.1) is 0 Å². The summed E-state index contributed by atoms with van der Waals surface area (Å²) in [4.78, 5) is 23.8. The predicted octanol–water partition coefficient (Wildman–Crippen LogP) is 3.75. The SMILES string of the molecule is COC(=O)[C@H](N)Cc1ccc(Oc2ccc(C(=O)c3ccccc3)cc2)cc1. The highest BCUT2D eigenvalue weighted by Crippen LogP contribution is 2.23. The van der Waals surface area contributed by atoms with Crippen LogP contribution in [0.1, 0.15) is 21.5 Å². The fourth-order valence-electron chi connectivity index (χ4n) is 2.75. The first-order valence-electron chi connectivity index (χ1n) is 8.87. The van der Waals surface area contributed by atoms with E-state index in [9.17, 15) is 9.59 Å². The molecule has 3 aromatic rings. The molecule has 0 saturated heterocycles. The van der Waals surface area contributed by atoms with Crippen molar-refractivity contribution < 1.29 is 19.1 Å². The van der Waals surface area contributed by atoms with E-state index in [0.717, 1.165) is 5.56 Å². The van der Waals surface area contributed by atoms with Crippen LogP contribution < -0.4 is 10.5 Å². The number of carbonyl (C=O) groups excluding carboxylic acids is 2. The molecule has 5 heteroatoms. The van der Waals surface area contributed by atoms with E-state index >= 15 is 0 Å². The molecule has 5 nitrogen and oxygen atoms in total. The van der Waals surface area contributed by atoms with Crippen molar-refractivity contribution >= 4 is 11.8 Å². The molecule has 0 aliphatic heterocycles. The molecule has 0 fully saturated rings. The van der Waals surface area contributed by atoms with Crippen molar-refractivity contribution in [3.05, 3.63) is 95.6 Å². The molecular weight excluding hydrogens is 354 g/mol. The number of benzene rings is 3. The number of esters is 1. The number of ketones is 1. The Kier molecular flexibility index (Phi) is 6.19. The van der Waals surface area contributed by atoms with Crippen LogP contribution in [-0.2, 0) is 16.0 Å². The Morgan fingerprint density at radius 2 is 1.36 bits per heavy atom. The number of carbonyl (C=O) groups is 2. The minimum atomic E-state index is -0.688. The maximum Gasteiger partial charge on any atom is 0.322 e. The van der Waals surface area contributed by atoms with Gasteiger partial charge in [-0.2, -0.15) is 0 Å². The second-order valence-electron chi connectivity index (χ2n) is 6.30. The van der Waals surface area contributed by atoms with E-state index in [1.165, 1.54) is 7.11 Å². The minimum absolute atomic E-state index is 0.0292. The average molecular weight is 375 g/mol. The van der Waals surface area contributed by atoms with E-state index in [4.69, 9.17) is 10.5 Å². The number of rotatable bonds is 7. The van der Waals surface area contributed by atoms with Crippen LogP contribution >= 0.6 is 0 Å². The van der Waals surface area contributed by atoms with Crippen LogP contribution in [-0.4, -0.2) is 24.9 Å². The first kappa shape index (κ1) is 19.3. The molecule has 3 rings (SSSR count). The van der Waals surface area contributed by atoms with Crippen LogP contribution in [0.15, 0.2) is 78.9 Å². The van der Waals surface area contributed by atoms with Gasteiger partial charge in [-0.05, 0) is 48.4 Å². The van der Waals surface area contributed by atoms with E-state index in [0.29, 0.717) is 29.0 Å². The highest BCUT2D eigenvalue weighted by atomic mass is 16.5. The van der Waals surface area contributed by atoms with E-state index < -0.39 is 12.0 Å². The van der Waals surface area contributed by atoms with Crippen molar-refractivity contribution in [1.29, 1.82) is 0 Å². The lowest BCUT2D eigenvalue weighted by atomic mass is 10.0. The average Bonchev–Trinajstić information content (AvgIpc) is 2.75. The number of methoxy groups -OCH3 is 1. The summed E-state index contributed by atoms with van der Waals surface area (Å²) >= 11 is 0. The molecular formula is C23H21NO4. The largest absolute Gasteiger partial charge is 0.468 e. The van der Waals surface area contributed by atoms with Crippen LogP contribution in [0.4, 0.5) is 0 Å². The third kappa shape index (κ3) is 4.84. The zero-order chi connectivity index (χ0) is 19.9. The summed E-state index contributed by atoms with van der Waals surface area (Å²) in [6.07, 6.45) is 0.392. The van der Waals surface area contributed by atoms with Crippen LogP contribution in [0, 0.1) is 0 Å². The van der Waals surface area contributed by atoms with Gasteiger partial charge >= 0.3 is 5.97 Å². The van der Waals surface area contributed by atoms with Crippen molar-refractivity contribution in [2.45, 2.75) is 12.5 Å². The molecule has 0 unspecified atom stereocenters. The Bertz CT molecular complexity index is 935. The van der Waals surface area contributed by atoms with Gasteiger partial charge in [0.25, 0.3) is 0 Å². The minimum Gasteiger partial charge on any atom is -0.468 e. The van der Waals surface area contributed by atoms with Crippen molar-refractivity contribution in [2.24, 2.45) is 5.73 Å². The number of ether oxygens (including phenoxy) is 2. The summed E-state index contributed by atoms with van der Waals surface area (Å²) in [6.45, 7) is 0. The third-order valence-electron chi connectivity index (χ3n) is 4.27. The second kappa shape index (κ2) is 8.97. The molecule has 0 spiro atoms. The van der Waals surface area contributed by atoms with Gasteiger partial charge in [-0.3, -0.25) is 9.59 Å². The van der Waals surface area contributed by atoms with Crippen LogP contribution in [0.5, 0.6) is 11.5 Å². The van der Waals surface area contributed by atoms with Crippen LogP contribution in [0.2, 0.25) is 0 Å². The Morgan fingerprint density at radius 3 is 1.93 bits per heavy atom. The maximum absolute atomic E-state index is 12.4. The molecule has 0 bridgehead atoms. The highest BCUT2D eigenvalue weighted by Gasteiger charge is 2.14. The first-order valence-corrected chi connectivity index (χ1v) is 8.87. The Hall–Kier alpha value is -3.44. The second-order valence-corrected chi connectivity index (χ2v) is 6.30. The third-order valence-corrected chi connectivity index (χ3v) is 4.27. The van der Waals surface area contributed by atoms with Gasteiger partial charge in [0.1, 0.15) is 17.5 Å². The number of hydrogen-bond acceptors (Lipinski definition) is 5. The smallest absolute Gasteiger partial charge is 0.322 e. The molecule has 0 saturated carbocycles. The van der Waals surface area contributed by atoms with Crippen LogP contribution in [0.25, 0.3) is 0 Å². The monoisotopic (exact) mass is 375 g/mol. The molecule has 28 heavy (non-hydrogen) atoms. The first-order chi connectivity index (χ1) is 13.6. The van der Waals surface area contributed by atoms with Crippen molar-refractivity contribution in [3.8, 4) is 11.5 Å². The lowest BCUT2D eigenvalue weighted by molar-refractivity contribution is -0.142. The van der Waals surface area contributed by atoms with E-state index in [-0.39, 0.29) is 5.78 Å². The van der Waals surface area contributed by atoms with Gasteiger partial charge in [-0.1, -0.05) is 42.5 Å². The fraction of sp³-hybridized carbons (Fsp3) is 0.130. The fourth-order valence-corrected chi connectivity index (χ4v) is 2.75. The quantitative estimate of drug-likeness (QED) is 0.503. The van der Waals surface area contributed by atoms with Crippen molar-refractivity contribution in [1.82, 2.24) is 0 Å². The Labute approximate surface area is 163 Å². The lowest BCUT2D eigenvalue weighted by Crippen LogP contribution is -2.33. The summed E-state index contributed by atoms with van der Waals surface area (Å²) < 4.78 is 10.4. The Morgan fingerprint density at radius 1 is 0.821 bits per heavy atom. The normalized spacial score (nSPS) is 11.5. The van der Waals surface area contributed by atoms with Gasteiger partial charge in [0, 0.05) is 11.1 Å². The van der Waals surface area contributed by atoms with Gasteiger partial charge in [0.05, 0.1) is 7.11 Å². The molecule has 0 radical (unpaired) electrons. The van der Waals surface area contributed by atoms with Gasteiger partial charge in [-0.25, -0.2) is 0 Å². The van der Waals surface area contributed by atoms with Gasteiger partial charge < -0.3 is 15.2 Å². The zero-order valence-electron chi connectivity index (χ0n) is 15.5. The summed E-state index contributed by atoms with van der Waals surface area (Å²) in [6, 6.07) is 22.8. The standard InChI is InChI=1S/C23H21NO4/c1-27-23(26)21(24)15-16-7-11-19(12-8-16)28-20-13-9-18(10-14-20)22(25)17-5-3-2-4-6-17/h2-14,21H,15,24H2,1H3/t21-/m1/s1. The molecule has 0 heterocycles. The predicted molar refractivity (Wildman–Crippen MR) is 107 cm³/mol. The lowest BCUT2D eigenvalue weighted by Gasteiger charge is -2.10.